The van der Waals surface area contributed by atoms with Crippen LogP contribution in [0, 0.1) is 0 Å². The van der Waals surface area contributed by atoms with Crippen LogP contribution in [0.1, 0.15) is 11.1 Å². The lowest BCUT2D eigenvalue weighted by Crippen LogP contribution is -2.36. The zero-order valence-corrected chi connectivity index (χ0v) is 9.05. The first kappa shape index (κ1) is 10.5. The second kappa shape index (κ2) is 4.21. The molecule has 3 nitrogen and oxygen atoms in total. The molecule has 1 atom stereocenters. The van der Waals surface area contributed by atoms with Crippen LogP contribution in [0.5, 0.6) is 0 Å². The van der Waals surface area contributed by atoms with Gasteiger partial charge in [0.25, 0.3) is 0 Å². The summed E-state index contributed by atoms with van der Waals surface area (Å²) in [5.74, 6) is -0.316. The van der Waals surface area contributed by atoms with Crippen molar-refractivity contribution in [3.05, 3.63) is 34.3 Å². The molecule has 0 fully saturated rings. The van der Waals surface area contributed by atoms with E-state index in [1.807, 2.05) is 18.2 Å². The maximum Gasteiger partial charge on any atom is 0.231 e. The Kier molecular flexibility index (Phi) is 2.93. The number of nitrogens with one attached hydrogen (secondary N) is 1. The van der Waals surface area contributed by atoms with Crippen molar-refractivity contribution < 1.29 is 4.79 Å². The number of benzene rings is 1. The van der Waals surface area contributed by atoms with E-state index in [1.54, 1.807) is 0 Å². The predicted octanol–water partition coefficient (Wildman–Crippen LogP) is 0.882. The normalized spacial score (nSPS) is 18.9. The number of nitrogens with two attached hydrogens (primary N) is 1. The molecular formula is C11H13ClN2O. The predicted molar refractivity (Wildman–Crippen MR) is 59.8 cm³/mol. The van der Waals surface area contributed by atoms with Gasteiger partial charge < -0.3 is 11.1 Å². The van der Waals surface area contributed by atoms with Gasteiger partial charge in [-0.1, -0.05) is 17.7 Å². The standard InChI is InChI=1S/C11H13ClN2O/c12-9-2-1-7-4-10(5-8(7)3-9)14-6-11(13)15/h1-3,10,14H,4-6H2,(H2,13,15). The summed E-state index contributed by atoms with van der Waals surface area (Å²) >= 11 is 5.90. The third-order valence-electron chi connectivity index (χ3n) is 2.67. The number of carbonyl (C=O) groups excluding carboxylic acids is 1. The Bertz CT molecular complexity index is 392. The van der Waals surface area contributed by atoms with Gasteiger partial charge in [-0.2, -0.15) is 0 Å². The number of carbonyl (C=O) groups is 1. The molecule has 0 saturated heterocycles. The van der Waals surface area contributed by atoms with Gasteiger partial charge >= 0.3 is 0 Å². The number of halogens is 1. The van der Waals surface area contributed by atoms with Crippen LogP contribution in [-0.2, 0) is 17.6 Å². The van der Waals surface area contributed by atoms with Gasteiger partial charge in [-0.05, 0) is 36.1 Å². The van der Waals surface area contributed by atoms with E-state index in [0.717, 1.165) is 17.9 Å². The van der Waals surface area contributed by atoms with Crippen LogP contribution < -0.4 is 11.1 Å². The first-order chi connectivity index (χ1) is 7.15. The molecule has 1 amide bonds. The van der Waals surface area contributed by atoms with Gasteiger partial charge in [0.2, 0.25) is 5.91 Å². The summed E-state index contributed by atoms with van der Waals surface area (Å²) in [5.41, 5.74) is 7.65. The maximum atomic E-state index is 10.6. The fourth-order valence-corrected chi connectivity index (χ4v) is 2.17. The molecule has 0 radical (unpaired) electrons. The van der Waals surface area contributed by atoms with E-state index in [1.165, 1.54) is 11.1 Å². The lowest BCUT2D eigenvalue weighted by atomic mass is 10.1. The zero-order valence-electron chi connectivity index (χ0n) is 8.29. The first-order valence-electron chi connectivity index (χ1n) is 4.94. The molecule has 80 valence electrons. The highest BCUT2D eigenvalue weighted by Crippen LogP contribution is 2.25. The van der Waals surface area contributed by atoms with E-state index in [-0.39, 0.29) is 12.5 Å². The van der Waals surface area contributed by atoms with Crippen molar-refractivity contribution in [3.8, 4) is 0 Å². The van der Waals surface area contributed by atoms with Crippen molar-refractivity contribution in [3.63, 3.8) is 0 Å². The molecule has 1 aromatic carbocycles. The lowest BCUT2D eigenvalue weighted by molar-refractivity contribution is -0.117. The first-order valence-corrected chi connectivity index (χ1v) is 5.32. The molecule has 0 aromatic heterocycles. The fraction of sp³-hybridized carbons (Fsp3) is 0.364. The van der Waals surface area contributed by atoms with Gasteiger partial charge in [0.1, 0.15) is 0 Å². The van der Waals surface area contributed by atoms with Gasteiger partial charge in [-0.3, -0.25) is 4.79 Å². The molecule has 1 aliphatic carbocycles. The van der Waals surface area contributed by atoms with Crippen LogP contribution in [0.2, 0.25) is 5.02 Å². The molecule has 15 heavy (non-hydrogen) atoms. The minimum atomic E-state index is -0.316. The monoisotopic (exact) mass is 224 g/mol. The van der Waals surface area contributed by atoms with Gasteiger partial charge in [0, 0.05) is 11.1 Å². The average molecular weight is 225 g/mol. The van der Waals surface area contributed by atoms with Crippen LogP contribution in [0.4, 0.5) is 0 Å². The van der Waals surface area contributed by atoms with E-state index >= 15 is 0 Å². The van der Waals surface area contributed by atoms with Gasteiger partial charge in [-0.25, -0.2) is 0 Å². The smallest absolute Gasteiger partial charge is 0.231 e. The highest BCUT2D eigenvalue weighted by molar-refractivity contribution is 6.30. The van der Waals surface area contributed by atoms with Gasteiger partial charge in [0.05, 0.1) is 6.54 Å². The Morgan fingerprint density at radius 1 is 1.47 bits per heavy atom. The van der Waals surface area contributed by atoms with Crippen molar-refractivity contribution in [1.82, 2.24) is 5.32 Å². The second-order valence-electron chi connectivity index (χ2n) is 3.87. The minimum Gasteiger partial charge on any atom is -0.369 e. The summed E-state index contributed by atoms with van der Waals surface area (Å²) in [5, 5.41) is 3.90. The molecular weight excluding hydrogens is 212 g/mol. The highest BCUT2D eigenvalue weighted by Gasteiger charge is 2.21. The Labute approximate surface area is 93.6 Å². The third-order valence-corrected chi connectivity index (χ3v) is 2.90. The second-order valence-corrected chi connectivity index (χ2v) is 4.30. The average Bonchev–Trinajstić information content (AvgIpc) is 2.56. The number of hydrogen-bond donors (Lipinski definition) is 2. The molecule has 1 aliphatic rings. The molecule has 0 aliphatic heterocycles. The number of primary amides is 1. The molecule has 1 unspecified atom stereocenters. The van der Waals surface area contributed by atoms with Crippen LogP contribution in [0.25, 0.3) is 0 Å². The summed E-state index contributed by atoms with van der Waals surface area (Å²) in [7, 11) is 0. The van der Waals surface area contributed by atoms with Crippen molar-refractivity contribution in [2.75, 3.05) is 6.54 Å². The van der Waals surface area contributed by atoms with E-state index in [0.29, 0.717) is 6.04 Å². The van der Waals surface area contributed by atoms with Gasteiger partial charge in [0.15, 0.2) is 0 Å². The van der Waals surface area contributed by atoms with Crippen molar-refractivity contribution in [2.24, 2.45) is 5.73 Å². The fourth-order valence-electron chi connectivity index (χ4n) is 1.98. The van der Waals surface area contributed by atoms with Crippen molar-refractivity contribution in [1.29, 1.82) is 0 Å². The summed E-state index contributed by atoms with van der Waals surface area (Å²) in [6.45, 7) is 0.242. The van der Waals surface area contributed by atoms with E-state index in [9.17, 15) is 4.79 Å². The quantitative estimate of drug-likeness (QED) is 0.801. The molecule has 0 heterocycles. The maximum absolute atomic E-state index is 10.6. The lowest BCUT2D eigenvalue weighted by Gasteiger charge is -2.09. The Balaban J connectivity index is 2.00. The molecule has 0 saturated carbocycles. The molecule has 4 heteroatoms. The summed E-state index contributed by atoms with van der Waals surface area (Å²) in [6.07, 6.45) is 1.86. The third kappa shape index (κ3) is 2.49. The van der Waals surface area contributed by atoms with E-state index < -0.39 is 0 Å². The summed E-state index contributed by atoms with van der Waals surface area (Å²) in [4.78, 5) is 10.6. The SMILES string of the molecule is NC(=O)CNC1Cc2ccc(Cl)cc2C1. The molecule has 1 aromatic rings. The Morgan fingerprint density at radius 3 is 2.93 bits per heavy atom. The van der Waals surface area contributed by atoms with Crippen LogP contribution in [-0.4, -0.2) is 18.5 Å². The van der Waals surface area contributed by atoms with Crippen LogP contribution in [0.15, 0.2) is 18.2 Å². The zero-order chi connectivity index (χ0) is 10.8. The summed E-state index contributed by atoms with van der Waals surface area (Å²) < 4.78 is 0. The summed E-state index contributed by atoms with van der Waals surface area (Å²) in [6, 6.07) is 6.24. The molecule has 0 bridgehead atoms. The van der Waals surface area contributed by atoms with Crippen LogP contribution in [0.3, 0.4) is 0 Å². The van der Waals surface area contributed by atoms with E-state index in [2.05, 4.69) is 5.32 Å². The Morgan fingerprint density at radius 2 is 2.20 bits per heavy atom. The highest BCUT2D eigenvalue weighted by atomic mass is 35.5. The Hall–Kier alpha value is -1.06. The largest absolute Gasteiger partial charge is 0.369 e. The number of fused-ring (bicyclic) bond motifs is 1. The molecule has 2 rings (SSSR count). The minimum absolute atomic E-state index is 0.242. The topological polar surface area (TPSA) is 55.1 Å². The number of rotatable bonds is 3. The number of amides is 1. The molecule has 0 spiro atoms. The molecule has 3 N–H and O–H groups in total. The van der Waals surface area contributed by atoms with E-state index in [4.69, 9.17) is 17.3 Å². The number of hydrogen-bond acceptors (Lipinski definition) is 2. The van der Waals surface area contributed by atoms with Crippen LogP contribution >= 0.6 is 11.6 Å². The van der Waals surface area contributed by atoms with Crippen molar-refractivity contribution in [2.45, 2.75) is 18.9 Å². The van der Waals surface area contributed by atoms with Crippen molar-refractivity contribution >= 4 is 17.5 Å². The van der Waals surface area contributed by atoms with Gasteiger partial charge in [-0.15, -0.1) is 0 Å².